The van der Waals surface area contributed by atoms with Crippen LogP contribution in [0.15, 0.2) is 0 Å². The first kappa shape index (κ1) is 16.3. The third-order valence-corrected chi connectivity index (χ3v) is 4.43. The number of amides is 2. The molecule has 120 valence electrons. The summed E-state index contributed by atoms with van der Waals surface area (Å²) < 4.78 is 5.85. The number of rotatable bonds is 4. The number of carbonyl (C=O) groups excluding carboxylic acids is 2. The van der Waals surface area contributed by atoms with Crippen molar-refractivity contribution < 1.29 is 14.3 Å². The van der Waals surface area contributed by atoms with E-state index in [2.05, 4.69) is 13.8 Å². The van der Waals surface area contributed by atoms with Gasteiger partial charge in [-0.15, -0.1) is 0 Å². The quantitative estimate of drug-likeness (QED) is 0.790. The third-order valence-electron chi connectivity index (χ3n) is 4.43. The fourth-order valence-corrected chi connectivity index (χ4v) is 2.98. The Morgan fingerprint density at radius 2 is 1.90 bits per heavy atom. The van der Waals surface area contributed by atoms with Gasteiger partial charge in [0, 0.05) is 45.6 Å². The molecule has 2 saturated heterocycles. The van der Waals surface area contributed by atoms with Crippen LogP contribution >= 0.6 is 0 Å². The summed E-state index contributed by atoms with van der Waals surface area (Å²) in [5.41, 5.74) is 0. The SMILES string of the molecule is CC(C)COC1CCN(C(=O)[C@@H]2CCN(C)C(=O)C2)CC1. The van der Waals surface area contributed by atoms with E-state index in [9.17, 15) is 9.59 Å². The second kappa shape index (κ2) is 7.25. The van der Waals surface area contributed by atoms with Crippen LogP contribution in [0.3, 0.4) is 0 Å². The zero-order valence-corrected chi connectivity index (χ0v) is 13.5. The first-order valence-electron chi connectivity index (χ1n) is 8.11. The van der Waals surface area contributed by atoms with Gasteiger partial charge in [0.1, 0.15) is 0 Å². The van der Waals surface area contributed by atoms with Crippen molar-refractivity contribution >= 4 is 11.8 Å². The van der Waals surface area contributed by atoms with E-state index in [0.717, 1.165) is 39.0 Å². The largest absolute Gasteiger partial charge is 0.378 e. The summed E-state index contributed by atoms with van der Waals surface area (Å²) in [4.78, 5) is 27.9. The highest BCUT2D eigenvalue weighted by Gasteiger charge is 2.33. The molecular formula is C16H28N2O3. The van der Waals surface area contributed by atoms with Gasteiger partial charge in [-0.1, -0.05) is 13.8 Å². The number of nitrogens with zero attached hydrogens (tertiary/aromatic N) is 2. The lowest BCUT2D eigenvalue weighted by atomic mass is 9.94. The Morgan fingerprint density at radius 1 is 1.24 bits per heavy atom. The number of piperidine rings is 2. The Kier molecular flexibility index (Phi) is 5.62. The maximum Gasteiger partial charge on any atom is 0.226 e. The minimum absolute atomic E-state index is 0.0924. The fourth-order valence-electron chi connectivity index (χ4n) is 2.98. The molecule has 0 unspecified atom stereocenters. The van der Waals surface area contributed by atoms with Gasteiger partial charge in [0.05, 0.1) is 6.10 Å². The lowest BCUT2D eigenvalue weighted by Gasteiger charge is -2.36. The molecule has 0 N–H and O–H groups in total. The van der Waals surface area contributed by atoms with Crippen LogP contribution in [-0.2, 0) is 14.3 Å². The first-order chi connectivity index (χ1) is 9.97. The van der Waals surface area contributed by atoms with E-state index in [0.29, 0.717) is 18.9 Å². The summed E-state index contributed by atoms with van der Waals surface area (Å²) in [6.45, 7) is 7.32. The number of hydrogen-bond acceptors (Lipinski definition) is 3. The third kappa shape index (κ3) is 4.43. The number of ether oxygens (including phenoxy) is 1. The van der Waals surface area contributed by atoms with Crippen molar-refractivity contribution in [3.8, 4) is 0 Å². The number of likely N-dealkylation sites (tertiary alicyclic amines) is 2. The number of hydrogen-bond donors (Lipinski definition) is 0. The van der Waals surface area contributed by atoms with Crippen LogP contribution in [0.25, 0.3) is 0 Å². The average Bonchev–Trinajstić information content (AvgIpc) is 2.48. The molecule has 0 saturated carbocycles. The Hall–Kier alpha value is -1.10. The molecule has 21 heavy (non-hydrogen) atoms. The first-order valence-corrected chi connectivity index (χ1v) is 8.11. The minimum atomic E-state index is -0.109. The van der Waals surface area contributed by atoms with E-state index in [1.54, 1.807) is 11.9 Å². The van der Waals surface area contributed by atoms with Gasteiger partial charge in [0.25, 0.3) is 0 Å². The minimum Gasteiger partial charge on any atom is -0.378 e. The highest BCUT2D eigenvalue weighted by Crippen LogP contribution is 2.23. The molecule has 0 aromatic carbocycles. The van der Waals surface area contributed by atoms with E-state index in [1.807, 2.05) is 4.90 Å². The van der Waals surface area contributed by atoms with Gasteiger partial charge in [-0.2, -0.15) is 0 Å². The lowest BCUT2D eigenvalue weighted by Crippen LogP contribution is -2.47. The summed E-state index contributed by atoms with van der Waals surface area (Å²) in [5, 5.41) is 0. The molecule has 0 spiro atoms. The van der Waals surface area contributed by atoms with Gasteiger partial charge in [0.15, 0.2) is 0 Å². The Bertz CT molecular complexity index is 376. The summed E-state index contributed by atoms with van der Waals surface area (Å²) in [7, 11) is 1.81. The van der Waals surface area contributed by atoms with E-state index < -0.39 is 0 Å². The molecule has 0 radical (unpaired) electrons. The maximum atomic E-state index is 12.5. The molecule has 2 amide bonds. The van der Waals surface area contributed by atoms with Crippen LogP contribution in [0.4, 0.5) is 0 Å². The van der Waals surface area contributed by atoms with E-state index in [-0.39, 0.29) is 23.8 Å². The highest BCUT2D eigenvalue weighted by molar-refractivity contribution is 5.86. The zero-order valence-electron chi connectivity index (χ0n) is 13.5. The molecule has 0 aromatic rings. The van der Waals surface area contributed by atoms with Crippen LogP contribution in [-0.4, -0.2) is 61.0 Å². The predicted octanol–water partition coefficient (Wildman–Crippen LogP) is 1.52. The molecule has 2 fully saturated rings. The van der Waals surface area contributed by atoms with Crippen LogP contribution in [0.1, 0.15) is 39.5 Å². The fraction of sp³-hybridized carbons (Fsp3) is 0.875. The van der Waals surface area contributed by atoms with Crippen LogP contribution in [0.2, 0.25) is 0 Å². The standard InChI is InChI=1S/C16H28N2O3/c1-12(2)11-21-14-5-8-18(9-6-14)16(20)13-4-7-17(3)15(19)10-13/h12-14H,4-11H2,1-3H3/t13-/m1/s1. The Balaban J connectivity index is 1.76. The molecule has 0 aliphatic carbocycles. The normalized spacial score (nSPS) is 24.8. The van der Waals surface area contributed by atoms with E-state index in [4.69, 9.17) is 4.74 Å². The van der Waals surface area contributed by atoms with Crippen molar-refractivity contribution in [1.82, 2.24) is 9.80 Å². The van der Waals surface area contributed by atoms with Gasteiger partial charge < -0.3 is 14.5 Å². The van der Waals surface area contributed by atoms with Gasteiger partial charge in [-0.25, -0.2) is 0 Å². The highest BCUT2D eigenvalue weighted by atomic mass is 16.5. The molecule has 2 rings (SSSR count). The predicted molar refractivity (Wildman–Crippen MR) is 80.8 cm³/mol. The summed E-state index contributed by atoms with van der Waals surface area (Å²) >= 11 is 0. The molecule has 2 aliphatic rings. The van der Waals surface area contributed by atoms with Crippen molar-refractivity contribution in [2.75, 3.05) is 33.3 Å². The van der Waals surface area contributed by atoms with E-state index in [1.165, 1.54) is 0 Å². The zero-order chi connectivity index (χ0) is 15.4. The van der Waals surface area contributed by atoms with Crippen molar-refractivity contribution in [3.05, 3.63) is 0 Å². The second-order valence-electron chi connectivity index (χ2n) is 6.76. The summed E-state index contributed by atoms with van der Waals surface area (Å²) in [6.07, 6.45) is 3.29. The monoisotopic (exact) mass is 296 g/mol. The van der Waals surface area contributed by atoms with Gasteiger partial charge in [0.2, 0.25) is 11.8 Å². The van der Waals surface area contributed by atoms with Crippen molar-refractivity contribution in [2.45, 2.75) is 45.6 Å². The van der Waals surface area contributed by atoms with Gasteiger partial charge in [-0.3, -0.25) is 9.59 Å². The molecule has 2 aliphatic heterocycles. The molecule has 5 heteroatoms. The van der Waals surface area contributed by atoms with Crippen LogP contribution in [0.5, 0.6) is 0 Å². The summed E-state index contributed by atoms with van der Waals surface area (Å²) in [5.74, 6) is 0.699. The Labute approximate surface area is 127 Å². The van der Waals surface area contributed by atoms with Crippen molar-refractivity contribution in [1.29, 1.82) is 0 Å². The van der Waals surface area contributed by atoms with Crippen LogP contribution in [0, 0.1) is 11.8 Å². The maximum absolute atomic E-state index is 12.5. The molecule has 5 nitrogen and oxygen atoms in total. The van der Waals surface area contributed by atoms with E-state index >= 15 is 0 Å². The smallest absolute Gasteiger partial charge is 0.226 e. The van der Waals surface area contributed by atoms with Gasteiger partial charge in [-0.05, 0) is 25.2 Å². The molecule has 2 heterocycles. The lowest BCUT2D eigenvalue weighted by molar-refractivity contribution is -0.146. The molecule has 0 bridgehead atoms. The average molecular weight is 296 g/mol. The molecule has 1 atom stereocenters. The molecule has 0 aromatic heterocycles. The van der Waals surface area contributed by atoms with Crippen molar-refractivity contribution in [2.24, 2.45) is 11.8 Å². The van der Waals surface area contributed by atoms with Crippen molar-refractivity contribution in [3.63, 3.8) is 0 Å². The van der Waals surface area contributed by atoms with Crippen LogP contribution < -0.4 is 0 Å². The number of carbonyl (C=O) groups is 2. The second-order valence-corrected chi connectivity index (χ2v) is 6.76. The Morgan fingerprint density at radius 3 is 2.48 bits per heavy atom. The van der Waals surface area contributed by atoms with Gasteiger partial charge >= 0.3 is 0 Å². The summed E-state index contributed by atoms with van der Waals surface area (Å²) in [6, 6.07) is 0. The topological polar surface area (TPSA) is 49.9 Å². The molecular weight excluding hydrogens is 268 g/mol.